The number of esters is 2. The van der Waals surface area contributed by atoms with E-state index in [1.807, 2.05) is 0 Å². The first kappa shape index (κ1) is 18.3. The van der Waals surface area contributed by atoms with Crippen molar-refractivity contribution in [3.05, 3.63) is 0 Å². The molecule has 1 saturated carbocycles. The Bertz CT molecular complexity index is 380. The summed E-state index contributed by atoms with van der Waals surface area (Å²) in [6, 6.07) is 0. The summed E-state index contributed by atoms with van der Waals surface area (Å²) in [5, 5.41) is 0. The van der Waals surface area contributed by atoms with Gasteiger partial charge in [0.05, 0.1) is 14.2 Å². The molecule has 0 spiro atoms. The maximum Gasteiger partial charge on any atom is 0.313 e. The average molecular weight is 312 g/mol. The molecule has 0 amide bonds. The van der Waals surface area contributed by atoms with Crippen molar-refractivity contribution in [3.63, 3.8) is 0 Å². The fourth-order valence-electron chi connectivity index (χ4n) is 2.89. The van der Waals surface area contributed by atoms with E-state index in [1.54, 1.807) is 0 Å². The number of methoxy groups -OCH3 is 2. The summed E-state index contributed by atoms with van der Waals surface area (Å²) in [5.74, 6) is -0.596. The lowest BCUT2D eigenvalue weighted by molar-refractivity contribution is -0.145. The van der Waals surface area contributed by atoms with E-state index in [4.69, 9.17) is 0 Å². The Morgan fingerprint density at radius 2 is 1.05 bits per heavy atom. The van der Waals surface area contributed by atoms with Gasteiger partial charge < -0.3 is 9.47 Å². The summed E-state index contributed by atoms with van der Waals surface area (Å²) in [5.41, 5.74) is 0. The third-order valence-corrected chi connectivity index (χ3v) is 4.14. The summed E-state index contributed by atoms with van der Waals surface area (Å²) < 4.78 is 8.95. The van der Waals surface area contributed by atoms with Gasteiger partial charge in [-0.05, 0) is 37.5 Å². The number of carbonyl (C=O) groups is 4. The highest BCUT2D eigenvalue weighted by Gasteiger charge is 2.25. The third kappa shape index (κ3) is 6.83. The van der Waals surface area contributed by atoms with Crippen LogP contribution in [0.1, 0.15) is 51.4 Å². The van der Waals surface area contributed by atoms with Crippen LogP contribution in [0.25, 0.3) is 0 Å². The molecule has 0 radical (unpaired) electrons. The van der Waals surface area contributed by atoms with Crippen LogP contribution in [-0.4, -0.2) is 37.7 Å². The number of hydrogen-bond acceptors (Lipinski definition) is 6. The van der Waals surface area contributed by atoms with Gasteiger partial charge in [-0.2, -0.15) is 0 Å². The predicted molar refractivity (Wildman–Crippen MR) is 78.0 cm³/mol. The molecule has 0 atom stereocenters. The lowest BCUT2D eigenvalue weighted by atomic mass is 9.77. The lowest BCUT2D eigenvalue weighted by Gasteiger charge is -2.27. The Balaban J connectivity index is 2.25. The van der Waals surface area contributed by atoms with Crippen LogP contribution in [0.5, 0.6) is 0 Å². The second-order valence-electron chi connectivity index (χ2n) is 5.88. The van der Waals surface area contributed by atoms with Crippen molar-refractivity contribution in [1.82, 2.24) is 0 Å². The molecule has 0 N–H and O–H groups in total. The van der Waals surface area contributed by atoms with Gasteiger partial charge in [0, 0.05) is 12.8 Å². The van der Waals surface area contributed by atoms with E-state index in [9.17, 15) is 19.2 Å². The van der Waals surface area contributed by atoms with Crippen molar-refractivity contribution in [2.24, 2.45) is 11.8 Å². The Morgan fingerprint density at radius 1 is 0.727 bits per heavy atom. The minimum absolute atomic E-state index is 0.0860. The zero-order chi connectivity index (χ0) is 16.5. The van der Waals surface area contributed by atoms with Crippen molar-refractivity contribution < 1.29 is 28.7 Å². The maximum absolute atomic E-state index is 11.7. The van der Waals surface area contributed by atoms with Crippen LogP contribution in [0.15, 0.2) is 0 Å². The minimum Gasteiger partial charge on any atom is -0.469 e. The molecule has 0 aliphatic heterocycles. The first-order chi connectivity index (χ1) is 10.4. The summed E-state index contributed by atoms with van der Waals surface area (Å²) in [6.07, 6.45) is 4.00. The summed E-state index contributed by atoms with van der Waals surface area (Å²) in [6.45, 7) is 0. The molecule has 124 valence electrons. The second-order valence-corrected chi connectivity index (χ2v) is 5.88. The lowest BCUT2D eigenvalue weighted by Crippen LogP contribution is -2.21. The van der Waals surface area contributed by atoms with Crippen LogP contribution in [0, 0.1) is 11.8 Å². The maximum atomic E-state index is 11.7. The molecule has 6 nitrogen and oxygen atoms in total. The molecule has 0 bridgehead atoms. The van der Waals surface area contributed by atoms with E-state index in [-0.39, 0.29) is 36.2 Å². The van der Waals surface area contributed by atoms with Gasteiger partial charge in [-0.25, -0.2) is 0 Å². The summed E-state index contributed by atoms with van der Waals surface area (Å²) >= 11 is 0. The Hall–Kier alpha value is -1.72. The monoisotopic (exact) mass is 312 g/mol. The van der Waals surface area contributed by atoms with E-state index < -0.39 is 11.9 Å². The van der Waals surface area contributed by atoms with Gasteiger partial charge in [0.2, 0.25) is 0 Å². The van der Waals surface area contributed by atoms with Crippen LogP contribution < -0.4 is 0 Å². The SMILES string of the molecule is COC(=O)CC(=O)CC1CCC(CC(=O)CC(=O)OC)CC1. The fourth-order valence-corrected chi connectivity index (χ4v) is 2.89. The number of carbonyl (C=O) groups excluding carboxylic acids is 4. The van der Waals surface area contributed by atoms with E-state index >= 15 is 0 Å². The molecule has 6 heteroatoms. The number of ketones is 2. The predicted octanol–water partition coefficient (Wildman–Crippen LogP) is 1.84. The normalized spacial score (nSPS) is 21.0. The molecule has 0 heterocycles. The number of ether oxygens (including phenoxy) is 2. The molecule has 1 rings (SSSR count). The van der Waals surface area contributed by atoms with E-state index in [2.05, 4.69) is 9.47 Å². The second kappa shape index (κ2) is 9.33. The molecule has 0 aromatic carbocycles. The molecule has 1 aliphatic carbocycles. The minimum atomic E-state index is -0.493. The van der Waals surface area contributed by atoms with E-state index in [1.165, 1.54) is 14.2 Å². The van der Waals surface area contributed by atoms with Crippen LogP contribution in [0.3, 0.4) is 0 Å². The molecule has 22 heavy (non-hydrogen) atoms. The third-order valence-electron chi connectivity index (χ3n) is 4.14. The topological polar surface area (TPSA) is 86.7 Å². The number of Topliss-reactive ketones (excluding diaryl/α,β-unsaturated/α-hetero) is 2. The molecular formula is C16H24O6. The van der Waals surface area contributed by atoms with Gasteiger partial charge in [-0.1, -0.05) is 0 Å². The zero-order valence-corrected chi connectivity index (χ0v) is 13.3. The largest absolute Gasteiger partial charge is 0.469 e. The summed E-state index contributed by atoms with van der Waals surface area (Å²) in [7, 11) is 2.54. The van der Waals surface area contributed by atoms with Crippen molar-refractivity contribution >= 4 is 23.5 Å². The van der Waals surface area contributed by atoms with Crippen LogP contribution in [0.2, 0.25) is 0 Å². The standard InChI is InChI=1S/C16H24O6/c1-21-15(19)9-13(17)7-11-3-5-12(6-4-11)8-14(18)10-16(20)22-2/h11-12H,3-10H2,1-2H3. The molecule has 0 aromatic heterocycles. The van der Waals surface area contributed by atoms with E-state index in [0.717, 1.165) is 25.7 Å². The highest BCUT2D eigenvalue weighted by molar-refractivity contribution is 5.96. The molecular weight excluding hydrogens is 288 g/mol. The van der Waals surface area contributed by atoms with Gasteiger partial charge in [0.15, 0.2) is 0 Å². The van der Waals surface area contributed by atoms with Crippen LogP contribution >= 0.6 is 0 Å². The summed E-state index contributed by atoms with van der Waals surface area (Å²) in [4.78, 5) is 45.4. The fraction of sp³-hybridized carbons (Fsp3) is 0.750. The van der Waals surface area contributed by atoms with Gasteiger partial charge in [-0.15, -0.1) is 0 Å². The van der Waals surface area contributed by atoms with Crippen molar-refractivity contribution in [3.8, 4) is 0 Å². The Morgan fingerprint density at radius 3 is 1.32 bits per heavy atom. The average Bonchev–Trinajstić information content (AvgIpc) is 2.48. The van der Waals surface area contributed by atoms with E-state index in [0.29, 0.717) is 12.8 Å². The smallest absolute Gasteiger partial charge is 0.313 e. The highest BCUT2D eigenvalue weighted by atomic mass is 16.5. The Kier molecular flexibility index (Phi) is 7.77. The molecule has 1 fully saturated rings. The van der Waals surface area contributed by atoms with Crippen molar-refractivity contribution in [2.45, 2.75) is 51.4 Å². The van der Waals surface area contributed by atoms with Crippen molar-refractivity contribution in [1.29, 1.82) is 0 Å². The van der Waals surface area contributed by atoms with Gasteiger partial charge in [0.25, 0.3) is 0 Å². The number of hydrogen-bond donors (Lipinski definition) is 0. The van der Waals surface area contributed by atoms with Crippen LogP contribution in [0.4, 0.5) is 0 Å². The molecule has 1 aliphatic rings. The number of rotatable bonds is 8. The van der Waals surface area contributed by atoms with Gasteiger partial charge >= 0.3 is 11.9 Å². The molecule has 0 saturated heterocycles. The quantitative estimate of drug-likeness (QED) is 0.502. The molecule has 0 aromatic rings. The molecule has 0 unspecified atom stereocenters. The van der Waals surface area contributed by atoms with Gasteiger partial charge in [0.1, 0.15) is 24.4 Å². The first-order valence-corrected chi connectivity index (χ1v) is 7.61. The van der Waals surface area contributed by atoms with Crippen LogP contribution in [-0.2, 0) is 28.7 Å². The van der Waals surface area contributed by atoms with Gasteiger partial charge in [-0.3, -0.25) is 19.2 Å². The van der Waals surface area contributed by atoms with Crippen molar-refractivity contribution in [2.75, 3.05) is 14.2 Å². The zero-order valence-electron chi connectivity index (χ0n) is 13.3. The first-order valence-electron chi connectivity index (χ1n) is 7.61. The highest BCUT2D eigenvalue weighted by Crippen LogP contribution is 2.33. The Labute approximate surface area is 130 Å².